The summed E-state index contributed by atoms with van der Waals surface area (Å²) in [5, 5.41) is 3.12. The number of amides is 1. The van der Waals surface area contributed by atoms with Gasteiger partial charge in [-0.25, -0.2) is 4.79 Å². The van der Waals surface area contributed by atoms with Gasteiger partial charge in [-0.15, -0.1) is 0 Å². The molecule has 1 rings (SSSR count). The van der Waals surface area contributed by atoms with Crippen LogP contribution >= 0.6 is 11.6 Å². The normalized spacial score (nSPS) is 12.2. The lowest BCUT2D eigenvalue weighted by Crippen LogP contribution is -2.38. The number of rotatable bonds is 4. The van der Waals surface area contributed by atoms with Crippen LogP contribution < -0.4 is 5.32 Å². The minimum absolute atomic E-state index is 0.358. The van der Waals surface area contributed by atoms with Crippen LogP contribution in [0.1, 0.15) is 12.5 Å². The van der Waals surface area contributed by atoms with Gasteiger partial charge < -0.3 is 10.1 Å². The van der Waals surface area contributed by atoms with Gasteiger partial charge in [-0.2, -0.15) is 0 Å². The largest absolute Gasteiger partial charge is 0.467 e. The van der Waals surface area contributed by atoms with Crippen LogP contribution in [0.4, 0.5) is 0 Å². The molecule has 96 valence electrons. The highest BCUT2D eigenvalue weighted by atomic mass is 35.5. The first-order chi connectivity index (χ1) is 8.52. The van der Waals surface area contributed by atoms with Crippen LogP contribution in [-0.2, 0) is 14.3 Å². The fraction of sp³-hybridized carbons (Fsp3) is 0.231. The first-order valence-corrected chi connectivity index (χ1v) is 5.72. The molecular weight excluding hydrogens is 254 g/mol. The highest BCUT2D eigenvalue weighted by Crippen LogP contribution is 2.10. The first kappa shape index (κ1) is 14.3. The van der Waals surface area contributed by atoms with E-state index >= 15 is 0 Å². The van der Waals surface area contributed by atoms with Crippen molar-refractivity contribution < 1.29 is 14.3 Å². The lowest BCUT2D eigenvalue weighted by Gasteiger charge is -2.09. The second kappa shape index (κ2) is 6.81. The number of halogens is 1. The van der Waals surface area contributed by atoms with Crippen molar-refractivity contribution >= 4 is 29.6 Å². The zero-order valence-electron chi connectivity index (χ0n) is 10.1. The molecule has 18 heavy (non-hydrogen) atoms. The summed E-state index contributed by atoms with van der Waals surface area (Å²) in [4.78, 5) is 22.6. The molecule has 0 saturated carbocycles. The number of ether oxygens (including phenoxy) is 1. The second-order valence-electron chi connectivity index (χ2n) is 3.64. The van der Waals surface area contributed by atoms with Crippen molar-refractivity contribution in [2.24, 2.45) is 0 Å². The minimum atomic E-state index is -0.669. The third-order valence-corrected chi connectivity index (χ3v) is 2.46. The Hall–Kier alpha value is -1.81. The summed E-state index contributed by atoms with van der Waals surface area (Å²) in [6, 6.07) is 6.37. The molecule has 0 bridgehead atoms. The number of hydrogen-bond donors (Lipinski definition) is 1. The van der Waals surface area contributed by atoms with E-state index in [9.17, 15) is 9.59 Å². The number of carbonyl (C=O) groups excluding carboxylic acids is 2. The number of methoxy groups -OCH3 is 1. The molecule has 5 heteroatoms. The van der Waals surface area contributed by atoms with Gasteiger partial charge in [0.05, 0.1) is 7.11 Å². The molecule has 0 aliphatic heterocycles. The topological polar surface area (TPSA) is 55.4 Å². The zero-order chi connectivity index (χ0) is 13.5. The third-order valence-electron chi connectivity index (χ3n) is 2.21. The van der Waals surface area contributed by atoms with Crippen LogP contribution in [-0.4, -0.2) is 25.0 Å². The Balaban J connectivity index is 2.54. The molecule has 0 unspecified atom stereocenters. The maximum Gasteiger partial charge on any atom is 0.328 e. The van der Waals surface area contributed by atoms with Gasteiger partial charge >= 0.3 is 5.97 Å². The van der Waals surface area contributed by atoms with E-state index in [4.69, 9.17) is 11.6 Å². The average molecular weight is 268 g/mol. The Labute approximate surface area is 111 Å². The molecule has 0 fully saturated rings. The number of esters is 1. The monoisotopic (exact) mass is 267 g/mol. The summed E-state index contributed by atoms with van der Waals surface area (Å²) in [5.41, 5.74) is 0.847. The highest BCUT2D eigenvalue weighted by Gasteiger charge is 2.13. The summed E-state index contributed by atoms with van der Waals surface area (Å²) in [6.07, 6.45) is 2.98. The molecule has 0 aromatic heterocycles. The maximum absolute atomic E-state index is 11.5. The second-order valence-corrected chi connectivity index (χ2v) is 4.07. The van der Waals surface area contributed by atoms with E-state index < -0.39 is 12.0 Å². The average Bonchev–Trinajstić information content (AvgIpc) is 2.37. The van der Waals surface area contributed by atoms with Crippen molar-refractivity contribution in [3.63, 3.8) is 0 Å². The minimum Gasteiger partial charge on any atom is -0.467 e. The summed E-state index contributed by atoms with van der Waals surface area (Å²) in [7, 11) is 1.27. The Morgan fingerprint density at radius 2 is 1.94 bits per heavy atom. The lowest BCUT2D eigenvalue weighted by molar-refractivity contribution is -0.144. The summed E-state index contributed by atoms with van der Waals surface area (Å²) < 4.78 is 4.50. The van der Waals surface area contributed by atoms with Crippen molar-refractivity contribution in [3.05, 3.63) is 40.9 Å². The van der Waals surface area contributed by atoms with E-state index in [1.165, 1.54) is 13.2 Å². The molecule has 0 saturated heterocycles. The highest BCUT2D eigenvalue weighted by molar-refractivity contribution is 6.30. The fourth-order valence-electron chi connectivity index (χ4n) is 1.24. The predicted molar refractivity (Wildman–Crippen MR) is 70.1 cm³/mol. The third kappa shape index (κ3) is 4.59. The fourth-order valence-corrected chi connectivity index (χ4v) is 1.37. The Morgan fingerprint density at radius 3 is 2.50 bits per heavy atom. The van der Waals surface area contributed by atoms with Crippen molar-refractivity contribution in [1.29, 1.82) is 0 Å². The van der Waals surface area contributed by atoms with Crippen LogP contribution in [0.2, 0.25) is 5.02 Å². The van der Waals surface area contributed by atoms with Crippen LogP contribution in [0.15, 0.2) is 30.3 Å². The van der Waals surface area contributed by atoms with Gasteiger partial charge in [0.25, 0.3) is 0 Å². The SMILES string of the molecule is COC(=O)[C@H](C)NC(=O)/C=C/c1ccc(Cl)cc1. The zero-order valence-corrected chi connectivity index (χ0v) is 10.9. The molecule has 4 nitrogen and oxygen atoms in total. The van der Waals surface area contributed by atoms with Gasteiger partial charge in [0.15, 0.2) is 0 Å². The van der Waals surface area contributed by atoms with Gasteiger partial charge in [-0.3, -0.25) is 4.79 Å². The Kier molecular flexibility index (Phi) is 5.39. The Bertz CT molecular complexity index is 454. The van der Waals surface area contributed by atoms with Gasteiger partial charge in [0.2, 0.25) is 5.91 Å². The molecule has 0 spiro atoms. The van der Waals surface area contributed by atoms with Gasteiger partial charge in [-0.1, -0.05) is 23.7 Å². The lowest BCUT2D eigenvalue weighted by atomic mass is 10.2. The van der Waals surface area contributed by atoms with E-state index in [-0.39, 0.29) is 5.91 Å². The molecule has 0 aliphatic carbocycles. The van der Waals surface area contributed by atoms with E-state index in [2.05, 4.69) is 10.1 Å². The van der Waals surface area contributed by atoms with Crippen LogP contribution in [0.25, 0.3) is 6.08 Å². The molecule has 0 heterocycles. The van der Waals surface area contributed by atoms with Crippen molar-refractivity contribution in [2.75, 3.05) is 7.11 Å². The van der Waals surface area contributed by atoms with Crippen LogP contribution in [0.5, 0.6) is 0 Å². The molecule has 1 aromatic carbocycles. The van der Waals surface area contributed by atoms with E-state index in [1.54, 1.807) is 37.3 Å². The first-order valence-electron chi connectivity index (χ1n) is 5.35. The smallest absolute Gasteiger partial charge is 0.328 e. The number of hydrogen-bond acceptors (Lipinski definition) is 3. The molecule has 1 amide bonds. The van der Waals surface area contributed by atoms with Crippen LogP contribution in [0.3, 0.4) is 0 Å². The molecular formula is C13H14ClNO3. The molecule has 1 N–H and O–H groups in total. The van der Waals surface area contributed by atoms with Crippen molar-refractivity contribution in [2.45, 2.75) is 13.0 Å². The van der Waals surface area contributed by atoms with Crippen molar-refractivity contribution in [1.82, 2.24) is 5.32 Å². The number of nitrogens with one attached hydrogen (secondary N) is 1. The summed E-state index contributed by atoms with van der Waals surface area (Å²) in [6.45, 7) is 1.56. The summed E-state index contributed by atoms with van der Waals surface area (Å²) in [5.74, 6) is -0.842. The predicted octanol–water partition coefficient (Wildman–Crippen LogP) is 2.03. The van der Waals surface area contributed by atoms with Crippen molar-refractivity contribution in [3.8, 4) is 0 Å². The molecule has 0 aliphatic rings. The maximum atomic E-state index is 11.5. The van der Waals surface area contributed by atoms with Gasteiger partial charge in [0, 0.05) is 11.1 Å². The van der Waals surface area contributed by atoms with Gasteiger partial charge in [0.1, 0.15) is 6.04 Å². The van der Waals surface area contributed by atoms with E-state index in [1.807, 2.05) is 0 Å². The quantitative estimate of drug-likeness (QED) is 0.671. The number of carbonyl (C=O) groups is 2. The number of benzene rings is 1. The molecule has 1 atom stereocenters. The molecule has 1 aromatic rings. The Morgan fingerprint density at radius 1 is 1.33 bits per heavy atom. The van der Waals surface area contributed by atoms with Crippen LogP contribution in [0, 0.1) is 0 Å². The standard InChI is InChI=1S/C13H14ClNO3/c1-9(13(17)18-2)15-12(16)8-5-10-3-6-11(14)7-4-10/h3-9H,1-2H3,(H,15,16)/b8-5+/t9-/m0/s1. The van der Waals surface area contributed by atoms with Gasteiger partial charge in [-0.05, 0) is 30.7 Å². The summed E-state index contributed by atoms with van der Waals surface area (Å²) >= 11 is 5.74. The van der Waals surface area contributed by atoms with E-state index in [0.29, 0.717) is 5.02 Å². The molecule has 0 radical (unpaired) electrons. The van der Waals surface area contributed by atoms with E-state index in [0.717, 1.165) is 5.56 Å².